The molecule has 1 N–H and O–H groups in total. The Bertz CT molecular complexity index is 735. The van der Waals surface area contributed by atoms with Gasteiger partial charge < -0.3 is 14.8 Å². The smallest absolute Gasteiger partial charge is 0.261 e. The van der Waals surface area contributed by atoms with Crippen molar-refractivity contribution in [3.8, 4) is 11.5 Å². The molecule has 4 heteroatoms. The van der Waals surface area contributed by atoms with E-state index in [0.29, 0.717) is 19.6 Å². The van der Waals surface area contributed by atoms with Gasteiger partial charge in [-0.2, -0.15) is 0 Å². The zero-order valence-electron chi connectivity index (χ0n) is 16.4. The van der Waals surface area contributed by atoms with E-state index in [1.807, 2.05) is 52.0 Å². The largest absolute Gasteiger partial charge is 0.491 e. The van der Waals surface area contributed by atoms with Gasteiger partial charge in [-0.15, -0.1) is 0 Å². The summed E-state index contributed by atoms with van der Waals surface area (Å²) in [6.45, 7) is 10.9. The third-order valence-corrected chi connectivity index (χ3v) is 4.35. The van der Waals surface area contributed by atoms with Crippen LogP contribution in [-0.2, 0) is 4.79 Å². The number of nitrogens with one attached hydrogen (secondary N) is 1. The Balaban J connectivity index is 1.84. The van der Waals surface area contributed by atoms with Crippen molar-refractivity contribution in [3.05, 3.63) is 58.7 Å². The molecule has 2 aromatic carbocycles. The van der Waals surface area contributed by atoms with Crippen molar-refractivity contribution in [1.29, 1.82) is 0 Å². The first-order valence-electron chi connectivity index (χ1n) is 9.12. The Hall–Kier alpha value is -2.49. The van der Waals surface area contributed by atoms with Gasteiger partial charge in [-0.3, -0.25) is 4.79 Å². The van der Waals surface area contributed by atoms with Gasteiger partial charge in [-0.05, 0) is 74.6 Å². The summed E-state index contributed by atoms with van der Waals surface area (Å²) in [5, 5.41) is 2.90. The van der Waals surface area contributed by atoms with E-state index in [9.17, 15) is 4.79 Å². The molecule has 0 unspecified atom stereocenters. The number of rotatable bonds is 8. The lowest BCUT2D eigenvalue weighted by molar-refractivity contribution is -0.128. The minimum absolute atomic E-state index is 0.115. The Morgan fingerprint density at radius 3 is 2.42 bits per heavy atom. The molecule has 0 saturated heterocycles. The summed E-state index contributed by atoms with van der Waals surface area (Å²) in [6, 6.07) is 12.0. The maximum absolute atomic E-state index is 12.4. The van der Waals surface area contributed by atoms with Crippen LogP contribution >= 0.6 is 0 Å². The van der Waals surface area contributed by atoms with E-state index in [1.165, 1.54) is 5.56 Å². The average molecular weight is 355 g/mol. The molecule has 0 fully saturated rings. The molecule has 2 rings (SSSR count). The minimum Gasteiger partial charge on any atom is -0.491 e. The molecular formula is C22H29NO3. The Labute approximate surface area is 156 Å². The maximum Gasteiger partial charge on any atom is 0.261 e. The monoisotopic (exact) mass is 355 g/mol. The van der Waals surface area contributed by atoms with Gasteiger partial charge in [0.25, 0.3) is 5.91 Å². The highest BCUT2D eigenvalue weighted by Crippen LogP contribution is 2.20. The normalized spacial score (nSPS) is 11.7. The van der Waals surface area contributed by atoms with Gasteiger partial charge in [-0.25, -0.2) is 0 Å². The molecule has 0 aliphatic carbocycles. The molecule has 26 heavy (non-hydrogen) atoms. The zero-order valence-corrected chi connectivity index (χ0v) is 16.4. The number of amides is 1. The Kier molecular flexibility index (Phi) is 7.07. The summed E-state index contributed by atoms with van der Waals surface area (Å²) in [5.41, 5.74) is 4.57. The van der Waals surface area contributed by atoms with E-state index in [4.69, 9.17) is 9.47 Å². The predicted molar refractivity (Wildman–Crippen MR) is 105 cm³/mol. The van der Waals surface area contributed by atoms with Crippen molar-refractivity contribution >= 4 is 5.91 Å². The first-order valence-corrected chi connectivity index (χ1v) is 9.12. The van der Waals surface area contributed by atoms with Gasteiger partial charge in [0.1, 0.15) is 18.1 Å². The minimum atomic E-state index is -0.503. The molecule has 140 valence electrons. The summed E-state index contributed by atoms with van der Waals surface area (Å²) >= 11 is 0. The van der Waals surface area contributed by atoms with Crippen molar-refractivity contribution in [2.45, 2.75) is 47.1 Å². The van der Waals surface area contributed by atoms with E-state index in [-0.39, 0.29) is 5.91 Å². The van der Waals surface area contributed by atoms with Crippen LogP contribution in [0.1, 0.15) is 35.6 Å². The van der Waals surface area contributed by atoms with E-state index in [1.54, 1.807) is 0 Å². The molecular weight excluding hydrogens is 326 g/mol. The molecule has 0 spiro atoms. The van der Waals surface area contributed by atoms with Gasteiger partial charge in [0.15, 0.2) is 6.10 Å². The molecule has 4 nitrogen and oxygen atoms in total. The lowest BCUT2D eigenvalue weighted by Gasteiger charge is -2.18. The second-order valence-electron chi connectivity index (χ2n) is 6.68. The predicted octanol–water partition coefficient (Wildman–Crippen LogP) is 4.27. The van der Waals surface area contributed by atoms with Gasteiger partial charge in [0.2, 0.25) is 0 Å². The SMILES string of the molecule is CC[C@H](Oc1cc(C)cc(C)c1)C(=O)NCCOc1cccc(C)c1C. The summed E-state index contributed by atoms with van der Waals surface area (Å²) in [6.07, 6.45) is 0.105. The van der Waals surface area contributed by atoms with Crippen LogP contribution < -0.4 is 14.8 Å². The molecule has 0 radical (unpaired) electrons. The van der Waals surface area contributed by atoms with E-state index in [0.717, 1.165) is 28.2 Å². The number of carbonyl (C=O) groups excluding carboxylic acids is 1. The molecule has 0 aliphatic heterocycles. The maximum atomic E-state index is 12.4. The van der Waals surface area contributed by atoms with Gasteiger partial charge >= 0.3 is 0 Å². The highest BCUT2D eigenvalue weighted by molar-refractivity contribution is 5.81. The van der Waals surface area contributed by atoms with Crippen molar-refractivity contribution in [2.75, 3.05) is 13.2 Å². The van der Waals surface area contributed by atoms with Crippen LogP contribution in [0.5, 0.6) is 11.5 Å². The number of hydrogen-bond donors (Lipinski definition) is 1. The highest BCUT2D eigenvalue weighted by atomic mass is 16.5. The molecule has 0 saturated carbocycles. The topological polar surface area (TPSA) is 47.6 Å². The van der Waals surface area contributed by atoms with Crippen LogP contribution in [0.25, 0.3) is 0 Å². The van der Waals surface area contributed by atoms with Crippen LogP contribution in [0.3, 0.4) is 0 Å². The Morgan fingerprint density at radius 1 is 1.08 bits per heavy atom. The highest BCUT2D eigenvalue weighted by Gasteiger charge is 2.18. The summed E-state index contributed by atoms with van der Waals surface area (Å²) in [5.74, 6) is 1.48. The Morgan fingerprint density at radius 2 is 1.77 bits per heavy atom. The average Bonchev–Trinajstić information content (AvgIpc) is 2.59. The van der Waals surface area contributed by atoms with Crippen LogP contribution in [0.2, 0.25) is 0 Å². The lowest BCUT2D eigenvalue weighted by Crippen LogP contribution is -2.39. The van der Waals surface area contributed by atoms with Crippen LogP contribution in [0, 0.1) is 27.7 Å². The third-order valence-electron chi connectivity index (χ3n) is 4.35. The van der Waals surface area contributed by atoms with Crippen LogP contribution in [0.15, 0.2) is 36.4 Å². The van der Waals surface area contributed by atoms with E-state index < -0.39 is 6.10 Å². The quantitative estimate of drug-likeness (QED) is 0.719. The number of ether oxygens (including phenoxy) is 2. The molecule has 0 aliphatic rings. The van der Waals surface area contributed by atoms with Crippen molar-refractivity contribution in [1.82, 2.24) is 5.32 Å². The van der Waals surface area contributed by atoms with Gasteiger partial charge in [-0.1, -0.05) is 25.1 Å². The summed E-state index contributed by atoms with van der Waals surface area (Å²) < 4.78 is 11.7. The molecule has 1 atom stereocenters. The third kappa shape index (κ3) is 5.51. The first-order chi connectivity index (χ1) is 12.4. The van der Waals surface area contributed by atoms with Gasteiger partial charge in [0.05, 0.1) is 6.54 Å². The summed E-state index contributed by atoms with van der Waals surface area (Å²) in [4.78, 5) is 12.4. The number of hydrogen-bond acceptors (Lipinski definition) is 3. The standard InChI is InChI=1S/C22H29NO3/c1-6-20(26-19-13-15(2)12-16(3)14-19)22(24)23-10-11-25-21-9-7-8-17(4)18(21)5/h7-9,12-14,20H,6,10-11H2,1-5H3,(H,23,24)/t20-/m0/s1. The number of carbonyl (C=O) groups is 1. The fourth-order valence-corrected chi connectivity index (χ4v) is 2.82. The molecule has 0 bridgehead atoms. The number of aryl methyl sites for hydroxylation is 3. The van der Waals surface area contributed by atoms with Crippen molar-refractivity contribution in [3.63, 3.8) is 0 Å². The second kappa shape index (κ2) is 9.27. The fraction of sp³-hybridized carbons (Fsp3) is 0.409. The van der Waals surface area contributed by atoms with Crippen LogP contribution in [0.4, 0.5) is 0 Å². The fourth-order valence-electron chi connectivity index (χ4n) is 2.82. The molecule has 1 amide bonds. The lowest BCUT2D eigenvalue weighted by atomic mass is 10.1. The van der Waals surface area contributed by atoms with Gasteiger partial charge in [0, 0.05) is 0 Å². The summed E-state index contributed by atoms with van der Waals surface area (Å²) in [7, 11) is 0. The van der Waals surface area contributed by atoms with E-state index >= 15 is 0 Å². The molecule has 0 heterocycles. The van der Waals surface area contributed by atoms with Crippen molar-refractivity contribution < 1.29 is 14.3 Å². The first kappa shape index (κ1) is 19.8. The van der Waals surface area contributed by atoms with E-state index in [2.05, 4.69) is 24.4 Å². The second-order valence-corrected chi connectivity index (χ2v) is 6.68. The van der Waals surface area contributed by atoms with Crippen molar-refractivity contribution in [2.24, 2.45) is 0 Å². The van der Waals surface area contributed by atoms with Crippen LogP contribution in [-0.4, -0.2) is 25.2 Å². The number of benzene rings is 2. The zero-order chi connectivity index (χ0) is 19.1. The molecule has 2 aromatic rings. The molecule has 0 aromatic heterocycles.